The van der Waals surface area contributed by atoms with E-state index in [0.717, 1.165) is 23.1 Å². The van der Waals surface area contributed by atoms with Gasteiger partial charge in [-0.25, -0.2) is 4.79 Å². The summed E-state index contributed by atoms with van der Waals surface area (Å²) in [6.07, 6.45) is 0.452. The summed E-state index contributed by atoms with van der Waals surface area (Å²) in [6.45, 7) is 10.5. The van der Waals surface area contributed by atoms with Crippen LogP contribution >= 0.6 is 0 Å². The fraction of sp³-hybridized carbons (Fsp3) is 0.611. The third kappa shape index (κ3) is 4.16. The van der Waals surface area contributed by atoms with E-state index in [1.165, 1.54) is 0 Å². The standard InChI is InChI=1S/C18H27NO4/c1-6-22-16-9-14-10-19(17(21)23-18(3,4)5)12(2)7-13(14)8-15(16)11-20/h8-9,12,20H,6-7,10-11H2,1-5H3. The zero-order valence-corrected chi connectivity index (χ0v) is 14.7. The lowest BCUT2D eigenvalue weighted by Gasteiger charge is -2.36. The van der Waals surface area contributed by atoms with Crippen LogP contribution in [0.1, 0.15) is 51.3 Å². The SMILES string of the molecule is CCOc1cc2c(cc1CO)CC(C)N(C(=O)OC(C)(C)C)C2. The molecule has 1 aromatic carbocycles. The van der Waals surface area contributed by atoms with E-state index >= 15 is 0 Å². The molecule has 0 spiro atoms. The van der Waals surface area contributed by atoms with Crippen LogP contribution in [0.3, 0.4) is 0 Å². The second kappa shape index (κ2) is 6.79. The van der Waals surface area contributed by atoms with Gasteiger partial charge in [0.05, 0.1) is 13.2 Å². The van der Waals surface area contributed by atoms with Gasteiger partial charge in [-0.3, -0.25) is 0 Å². The summed E-state index contributed by atoms with van der Waals surface area (Å²) in [6, 6.07) is 3.98. The number of fused-ring (bicyclic) bond motifs is 1. The van der Waals surface area contributed by atoms with Crippen molar-refractivity contribution in [1.29, 1.82) is 0 Å². The Bertz CT molecular complexity index is 577. The Morgan fingerprint density at radius 1 is 1.35 bits per heavy atom. The van der Waals surface area contributed by atoms with Crippen molar-refractivity contribution in [2.24, 2.45) is 0 Å². The summed E-state index contributed by atoms with van der Waals surface area (Å²) in [5, 5.41) is 9.52. The van der Waals surface area contributed by atoms with Gasteiger partial charge in [-0.05, 0) is 64.3 Å². The predicted molar refractivity (Wildman–Crippen MR) is 88.5 cm³/mol. The van der Waals surface area contributed by atoms with Crippen LogP contribution in [0.15, 0.2) is 12.1 Å². The van der Waals surface area contributed by atoms with Crippen LogP contribution in [-0.4, -0.2) is 34.3 Å². The van der Waals surface area contributed by atoms with Crippen molar-refractivity contribution >= 4 is 6.09 Å². The third-order valence-electron chi connectivity index (χ3n) is 3.87. The molecule has 1 aliphatic rings. The molecule has 0 radical (unpaired) electrons. The lowest BCUT2D eigenvalue weighted by molar-refractivity contribution is 0.0138. The summed E-state index contributed by atoms with van der Waals surface area (Å²) in [4.78, 5) is 14.2. The van der Waals surface area contributed by atoms with Gasteiger partial charge in [-0.15, -0.1) is 0 Å². The number of rotatable bonds is 3. The zero-order chi connectivity index (χ0) is 17.2. The Labute approximate surface area is 138 Å². The van der Waals surface area contributed by atoms with Gasteiger partial charge in [0.25, 0.3) is 0 Å². The van der Waals surface area contributed by atoms with Crippen molar-refractivity contribution in [2.75, 3.05) is 6.61 Å². The molecule has 1 atom stereocenters. The molecular formula is C18H27NO4. The number of hydrogen-bond donors (Lipinski definition) is 1. The van der Waals surface area contributed by atoms with Crippen LogP contribution in [0.25, 0.3) is 0 Å². The average Bonchev–Trinajstić information content (AvgIpc) is 2.44. The number of hydrogen-bond acceptors (Lipinski definition) is 4. The van der Waals surface area contributed by atoms with Gasteiger partial charge in [-0.1, -0.05) is 0 Å². The minimum Gasteiger partial charge on any atom is -0.493 e. The number of aliphatic hydroxyl groups is 1. The molecule has 0 saturated carbocycles. The Balaban J connectivity index is 2.27. The molecule has 1 N–H and O–H groups in total. The fourth-order valence-electron chi connectivity index (χ4n) is 2.80. The first-order valence-electron chi connectivity index (χ1n) is 8.13. The number of carbonyl (C=O) groups excluding carboxylic acids is 1. The predicted octanol–water partition coefficient (Wildman–Crippen LogP) is 3.26. The van der Waals surface area contributed by atoms with Crippen molar-refractivity contribution in [3.63, 3.8) is 0 Å². The zero-order valence-electron chi connectivity index (χ0n) is 14.7. The van der Waals surface area contributed by atoms with Crippen molar-refractivity contribution < 1.29 is 19.4 Å². The number of amides is 1. The first kappa shape index (κ1) is 17.6. The highest BCUT2D eigenvalue weighted by atomic mass is 16.6. The van der Waals surface area contributed by atoms with Gasteiger partial charge in [0.2, 0.25) is 0 Å². The number of aliphatic hydroxyl groups excluding tert-OH is 1. The molecule has 0 fully saturated rings. The molecule has 2 rings (SSSR count). The van der Waals surface area contributed by atoms with Crippen LogP contribution in [0.4, 0.5) is 4.79 Å². The van der Waals surface area contributed by atoms with Crippen molar-refractivity contribution in [3.8, 4) is 5.75 Å². The molecule has 5 nitrogen and oxygen atoms in total. The van der Waals surface area contributed by atoms with Gasteiger partial charge in [-0.2, -0.15) is 0 Å². The molecule has 1 amide bonds. The van der Waals surface area contributed by atoms with E-state index < -0.39 is 5.60 Å². The Morgan fingerprint density at radius 2 is 2.04 bits per heavy atom. The molecule has 128 valence electrons. The molecule has 1 unspecified atom stereocenters. The topological polar surface area (TPSA) is 59.0 Å². The number of nitrogens with zero attached hydrogens (tertiary/aromatic N) is 1. The summed E-state index contributed by atoms with van der Waals surface area (Å²) in [5.74, 6) is 0.687. The molecule has 23 heavy (non-hydrogen) atoms. The molecule has 0 aliphatic carbocycles. The van der Waals surface area contributed by atoms with Crippen molar-refractivity contribution in [1.82, 2.24) is 4.90 Å². The Morgan fingerprint density at radius 3 is 2.61 bits per heavy atom. The molecule has 0 aromatic heterocycles. The second-order valence-electron chi connectivity index (χ2n) is 6.98. The van der Waals surface area contributed by atoms with E-state index in [1.54, 1.807) is 4.90 Å². The molecule has 1 heterocycles. The van der Waals surface area contributed by atoms with Gasteiger partial charge < -0.3 is 19.5 Å². The van der Waals surface area contributed by atoms with E-state index in [9.17, 15) is 9.90 Å². The van der Waals surface area contributed by atoms with Crippen molar-refractivity contribution in [3.05, 3.63) is 28.8 Å². The van der Waals surface area contributed by atoms with Crippen LogP contribution in [0, 0.1) is 0 Å². The minimum atomic E-state index is -0.506. The Hall–Kier alpha value is -1.75. The smallest absolute Gasteiger partial charge is 0.410 e. The first-order chi connectivity index (χ1) is 10.7. The quantitative estimate of drug-likeness (QED) is 0.928. The van der Waals surface area contributed by atoms with E-state index in [1.807, 2.05) is 46.8 Å². The van der Waals surface area contributed by atoms with Crippen LogP contribution in [0.5, 0.6) is 5.75 Å². The number of ether oxygens (including phenoxy) is 2. The van der Waals surface area contributed by atoms with Crippen LogP contribution in [0.2, 0.25) is 0 Å². The molecular weight excluding hydrogens is 294 g/mol. The lowest BCUT2D eigenvalue weighted by Crippen LogP contribution is -2.45. The molecule has 0 bridgehead atoms. The number of carbonyl (C=O) groups is 1. The van der Waals surface area contributed by atoms with Gasteiger partial charge >= 0.3 is 6.09 Å². The van der Waals surface area contributed by atoms with E-state index in [0.29, 0.717) is 18.9 Å². The molecule has 5 heteroatoms. The van der Waals surface area contributed by atoms with Gasteiger partial charge in [0, 0.05) is 18.2 Å². The number of benzene rings is 1. The van der Waals surface area contributed by atoms with E-state index in [-0.39, 0.29) is 18.7 Å². The van der Waals surface area contributed by atoms with Gasteiger partial charge in [0.15, 0.2) is 0 Å². The Kier molecular flexibility index (Phi) is 5.19. The van der Waals surface area contributed by atoms with Crippen LogP contribution in [-0.2, 0) is 24.3 Å². The monoisotopic (exact) mass is 321 g/mol. The fourth-order valence-corrected chi connectivity index (χ4v) is 2.80. The second-order valence-corrected chi connectivity index (χ2v) is 6.98. The summed E-state index contributed by atoms with van der Waals surface area (Å²) in [7, 11) is 0. The molecule has 1 aromatic rings. The summed E-state index contributed by atoms with van der Waals surface area (Å²) >= 11 is 0. The van der Waals surface area contributed by atoms with E-state index in [2.05, 4.69) is 0 Å². The minimum absolute atomic E-state index is 0.0488. The van der Waals surface area contributed by atoms with Crippen molar-refractivity contribution in [2.45, 2.75) is 65.8 Å². The van der Waals surface area contributed by atoms with E-state index in [4.69, 9.17) is 9.47 Å². The average molecular weight is 321 g/mol. The first-order valence-corrected chi connectivity index (χ1v) is 8.13. The lowest BCUT2D eigenvalue weighted by atomic mass is 9.93. The molecule has 0 saturated heterocycles. The normalized spacial score (nSPS) is 17.7. The van der Waals surface area contributed by atoms with Crippen LogP contribution < -0.4 is 4.74 Å². The summed E-state index contributed by atoms with van der Waals surface area (Å²) in [5.41, 5.74) is 2.50. The third-order valence-corrected chi connectivity index (χ3v) is 3.87. The highest BCUT2D eigenvalue weighted by Gasteiger charge is 2.31. The molecule has 1 aliphatic heterocycles. The largest absolute Gasteiger partial charge is 0.493 e. The highest BCUT2D eigenvalue weighted by molar-refractivity contribution is 5.69. The van der Waals surface area contributed by atoms with Gasteiger partial charge in [0.1, 0.15) is 11.4 Å². The maximum atomic E-state index is 12.4. The highest BCUT2D eigenvalue weighted by Crippen LogP contribution is 2.31. The maximum absolute atomic E-state index is 12.4. The maximum Gasteiger partial charge on any atom is 0.410 e. The summed E-state index contributed by atoms with van der Waals surface area (Å²) < 4.78 is 11.1.